The molecule has 5 aromatic carbocycles. The summed E-state index contributed by atoms with van der Waals surface area (Å²) in [5.41, 5.74) is 11.3. The maximum absolute atomic E-state index is 13.2. The summed E-state index contributed by atoms with van der Waals surface area (Å²) in [5, 5.41) is 46.6. The molecule has 0 aliphatic carbocycles. The highest BCUT2D eigenvalue weighted by atomic mass is 79.9. The first-order chi connectivity index (χ1) is 70.4. The standard InChI is InChI=1S/C21H18BrClN6O2.C21H18Cl2N6O2.C19H14BrClN6O2.C18H12BrClN6O2.C18H11Cl3N6O2/c1-11(2)26-20(30)14-9-13(24-4)8-12(3)18(14)27-21(31)16-10-17(22)28-29(16)19-15(23)6-5-7-25-19;1-11(2)26-20(30)14-9-13(24-4)8-12(3)18(14)27-21(31)16-10-17(23)28-29(16)19-15(22)6-5-7-25-19;1-10-7-11(22-2)8-12(18(28)23-3)16(10)25-19(29)14-9-15(20)26-27(14)17-13(21)5-4-6-24-17;1-9-6-10(22-2)7-11(16(21)27)15(9)24-18(28)13-8-14(19)25-26(13)17-12(20)4-3-5-23-17;1-22-9-6-10(17(28)23-2)15(12(20)7-9)25-18(29)13-8-14(21)26-27(13)16-11(19)4-3-5-24-16/h2*5-11H,1-3H3,(H,26,30)(H,27,31);4-9H,1,3H3,(H,23,28)(H,25,29);3-8H,1H3,(H2,21,27)(H,24,28);3-8H,2H3,(H,23,28)(H,25,29). The Morgan fingerprint density at radius 3 is 0.770 bits per heavy atom. The van der Waals surface area contributed by atoms with E-state index in [1.165, 1.54) is 129 Å². The number of nitrogens with one attached hydrogen (secondary N) is 9. The Labute approximate surface area is 907 Å². The number of nitrogens with zero attached hydrogens (tertiary/aromatic N) is 20. The lowest BCUT2D eigenvalue weighted by Crippen LogP contribution is -2.31. The van der Waals surface area contributed by atoms with Crippen LogP contribution in [0.4, 0.5) is 56.9 Å². The molecule has 11 N–H and O–H groups in total. The van der Waals surface area contributed by atoms with Crippen molar-refractivity contribution < 1.29 is 47.9 Å². The van der Waals surface area contributed by atoms with Gasteiger partial charge < -0.3 is 53.6 Å². The summed E-state index contributed by atoms with van der Waals surface area (Å²) in [6.07, 6.45) is 7.61. The van der Waals surface area contributed by atoms with Crippen molar-refractivity contribution in [2.45, 2.75) is 67.5 Å². The van der Waals surface area contributed by atoms with Crippen molar-refractivity contribution >= 4 is 257 Å². The monoisotopic (exact) mass is 2330 g/mol. The minimum atomic E-state index is -0.758. The first-order valence-corrected chi connectivity index (χ1v) is 47.9. The molecule has 15 rings (SSSR count). The number of aromatic nitrogens is 15. The fourth-order valence-corrected chi connectivity index (χ4v) is 16.3. The molecule has 10 amide bonds. The van der Waals surface area contributed by atoms with Gasteiger partial charge in [-0.1, -0.05) is 117 Å². The van der Waals surface area contributed by atoms with Crippen molar-refractivity contribution in [1.29, 1.82) is 0 Å². The maximum Gasteiger partial charge on any atom is 0.274 e. The fourth-order valence-electron chi connectivity index (χ4n) is 13.6. The number of anilines is 5. The van der Waals surface area contributed by atoms with Crippen LogP contribution in [0.2, 0.25) is 40.4 Å². The number of pyridine rings is 5. The highest BCUT2D eigenvalue weighted by molar-refractivity contribution is 9.11. The molecule has 0 aliphatic rings. The van der Waals surface area contributed by atoms with Crippen molar-refractivity contribution in [3.05, 3.63) is 373 Å². The van der Waals surface area contributed by atoms with E-state index in [0.29, 0.717) is 73.9 Å². The van der Waals surface area contributed by atoms with Crippen molar-refractivity contribution in [3.8, 4) is 29.1 Å². The molecule has 0 unspecified atom stereocenters. The molecule has 0 aliphatic heterocycles. The average molecular weight is 2340 g/mol. The molecule has 748 valence electrons. The lowest BCUT2D eigenvalue weighted by molar-refractivity contribution is 0.0934. The number of rotatable bonds is 22. The lowest BCUT2D eigenvalue weighted by Gasteiger charge is -2.16. The number of primary amides is 1. The summed E-state index contributed by atoms with van der Waals surface area (Å²) in [7, 11) is 2.90. The third-order valence-corrected chi connectivity index (χ3v) is 23.3. The zero-order valence-electron chi connectivity index (χ0n) is 78.2. The van der Waals surface area contributed by atoms with Gasteiger partial charge in [-0.3, -0.25) is 47.9 Å². The highest BCUT2D eigenvalue weighted by Crippen LogP contribution is 2.38. The molecule has 40 nitrogen and oxygen atoms in total. The minimum absolute atomic E-state index is 0.0174. The second-order valence-corrected chi connectivity index (χ2v) is 36.7. The number of halogens is 11. The van der Waals surface area contributed by atoms with Gasteiger partial charge in [-0.15, -0.1) is 0 Å². The van der Waals surface area contributed by atoms with Crippen LogP contribution in [0.3, 0.4) is 0 Å². The zero-order valence-corrected chi connectivity index (χ0v) is 89.0. The van der Waals surface area contributed by atoms with Crippen molar-refractivity contribution in [1.82, 2.24) is 95.1 Å². The molecule has 10 heterocycles. The van der Waals surface area contributed by atoms with E-state index >= 15 is 0 Å². The van der Waals surface area contributed by atoms with Crippen LogP contribution in [0.15, 0.2) is 196 Å². The first kappa shape index (κ1) is 112. The number of carbonyl (C=O) groups excluding carboxylic acids is 10. The topological polar surface area (TPSA) is 480 Å². The summed E-state index contributed by atoms with van der Waals surface area (Å²) in [4.78, 5) is 165. The van der Waals surface area contributed by atoms with Crippen LogP contribution in [0.1, 0.15) is 154 Å². The Balaban J connectivity index is 0.000000176. The SMILES string of the molecule is [C-]#[N+]c1cc(C)c(NC(=O)c2cc(Br)nn2-c2ncccc2Cl)c(C(=O)NC(C)C)c1.[C-]#[N+]c1cc(C)c(NC(=O)c2cc(Br)nn2-c2ncccc2Cl)c(C(=O)NC)c1.[C-]#[N+]c1cc(C)c(NC(=O)c2cc(Br)nn2-c2ncccc2Cl)c(C(N)=O)c1.[C-]#[N+]c1cc(C)c(NC(=O)c2cc(Cl)nn2-c2ncccc2Cl)c(C(=O)NC(C)C)c1.[C-]#[N+]c1cc(Cl)c(NC(=O)c2cc(Cl)nn2-c2ncccc2Cl)c(C(=O)NC)c1. The summed E-state index contributed by atoms with van der Waals surface area (Å²) in [6.45, 7) is 50.1. The number of amides is 10. The van der Waals surface area contributed by atoms with Gasteiger partial charge >= 0.3 is 0 Å². The van der Waals surface area contributed by atoms with Crippen LogP contribution in [0.5, 0.6) is 0 Å². The molecular weight excluding hydrogens is 2270 g/mol. The molecule has 15 aromatic rings. The number of nitrogens with two attached hydrogens (primary N) is 1. The van der Waals surface area contributed by atoms with Gasteiger partial charge in [-0.05, 0) is 222 Å². The largest absolute Gasteiger partial charge is 0.366 e. The van der Waals surface area contributed by atoms with Gasteiger partial charge in [0.15, 0.2) is 67.8 Å². The Hall–Kier alpha value is -16.2. The zero-order chi connectivity index (χ0) is 108. The van der Waals surface area contributed by atoms with Gasteiger partial charge in [0, 0.05) is 87.5 Å². The summed E-state index contributed by atoms with van der Waals surface area (Å²) < 4.78 is 7.55. The smallest absolute Gasteiger partial charge is 0.274 e. The van der Waals surface area contributed by atoms with E-state index in [0.717, 1.165) is 0 Å². The summed E-state index contributed by atoms with van der Waals surface area (Å²) in [6, 6.07) is 38.1. The molecule has 0 atom stereocenters. The normalized spacial score (nSPS) is 10.4. The molecule has 0 fully saturated rings. The van der Waals surface area contributed by atoms with E-state index in [2.05, 4.69) is 170 Å². The number of carbonyl (C=O) groups is 10. The first-order valence-electron chi connectivity index (χ1n) is 42.5. The molecule has 0 spiro atoms. The van der Waals surface area contributed by atoms with Crippen LogP contribution in [-0.2, 0) is 0 Å². The third kappa shape index (κ3) is 27.3. The van der Waals surface area contributed by atoms with Crippen LogP contribution in [-0.4, -0.2) is 159 Å². The van der Waals surface area contributed by atoms with Gasteiger partial charge in [0.25, 0.3) is 53.2 Å². The number of benzene rings is 5. The predicted molar refractivity (Wildman–Crippen MR) is 573 cm³/mol. The van der Waals surface area contributed by atoms with Gasteiger partial charge in [-0.25, -0.2) is 72.6 Å². The molecule has 10 aromatic heterocycles. The Bertz CT molecular complexity index is 7700. The Morgan fingerprint density at radius 1 is 0.304 bits per heavy atom. The summed E-state index contributed by atoms with van der Waals surface area (Å²) >= 11 is 59.0. The van der Waals surface area contributed by atoms with E-state index in [-0.39, 0.29) is 163 Å². The number of hydrogen-bond donors (Lipinski definition) is 10. The molecule has 0 saturated carbocycles. The lowest BCUT2D eigenvalue weighted by atomic mass is 10.0. The van der Waals surface area contributed by atoms with Crippen LogP contribution >= 0.6 is 141 Å². The average Bonchev–Trinajstić information content (AvgIpc) is 1.69. The van der Waals surface area contributed by atoms with Crippen molar-refractivity contribution in [3.63, 3.8) is 0 Å². The van der Waals surface area contributed by atoms with Crippen molar-refractivity contribution in [2.75, 3.05) is 40.7 Å². The molecule has 0 radical (unpaired) electrons. The van der Waals surface area contributed by atoms with Crippen LogP contribution in [0, 0.1) is 60.6 Å². The fraction of sp³-hybridized carbons (Fsp3) is 0.124. The van der Waals surface area contributed by atoms with Gasteiger partial charge in [-0.2, -0.15) is 25.5 Å². The van der Waals surface area contributed by atoms with Gasteiger partial charge in [0.05, 0.1) is 119 Å². The number of aryl methyl sites for hydroxylation is 4. The molecule has 0 bridgehead atoms. The summed E-state index contributed by atoms with van der Waals surface area (Å²) in [5.74, 6) is -4.02. The minimum Gasteiger partial charge on any atom is -0.366 e. The Kier molecular flexibility index (Phi) is 38.3. The van der Waals surface area contributed by atoms with E-state index in [4.69, 9.17) is 131 Å². The molecule has 0 saturated heterocycles. The quantitative estimate of drug-likeness (QED) is 0.0282. The van der Waals surface area contributed by atoms with E-state index in [1.807, 2.05) is 27.7 Å². The molecule has 148 heavy (non-hydrogen) atoms. The van der Waals surface area contributed by atoms with Crippen molar-refractivity contribution in [2.24, 2.45) is 5.73 Å². The van der Waals surface area contributed by atoms with Crippen LogP contribution in [0.25, 0.3) is 53.3 Å². The second-order valence-electron chi connectivity index (χ2n) is 31.1. The van der Waals surface area contributed by atoms with Gasteiger partial charge in [0.1, 0.15) is 42.3 Å². The van der Waals surface area contributed by atoms with E-state index in [9.17, 15) is 47.9 Å². The second kappa shape index (κ2) is 50.6. The van der Waals surface area contributed by atoms with E-state index in [1.54, 1.807) is 119 Å². The molecular formula is C97H73Br3Cl8N30O10. The third-order valence-electron chi connectivity index (χ3n) is 20.0. The van der Waals surface area contributed by atoms with Crippen LogP contribution < -0.4 is 53.6 Å². The Morgan fingerprint density at radius 2 is 0.527 bits per heavy atom. The molecule has 51 heteroatoms. The highest BCUT2D eigenvalue weighted by Gasteiger charge is 2.31. The van der Waals surface area contributed by atoms with Gasteiger partial charge in [0.2, 0.25) is 5.91 Å². The van der Waals surface area contributed by atoms with E-state index < -0.39 is 53.2 Å². The predicted octanol–water partition coefficient (Wildman–Crippen LogP) is 22.2. The number of hydrogen-bond acceptors (Lipinski definition) is 20. The maximum atomic E-state index is 13.2.